The van der Waals surface area contributed by atoms with Gasteiger partial charge in [-0.3, -0.25) is 0 Å². The van der Waals surface area contributed by atoms with Crippen LogP contribution in [-0.2, 0) is 0 Å². The van der Waals surface area contributed by atoms with Crippen LogP contribution in [0, 0.1) is 9.39 Å². The van der Waals surface area contributed by atoms with Gasteiger partial charge in [-0.2, -0.15) is 0 Å². The molecule has 19 heavy (non-hydrogen) atoms. The van der Waals surface area contributed by atoms with Gasteiger partial charge in [-0.1, -0.05) is 23.7 Å². The van der Waals surface area contributed by atoms with Crippen molar-refractivity contribution >= 4 is 34.2 Å². The standard InChI is InChI=1S/C14H11ClFIO2/c1-19-12-4-2-3-9(13(12)16)14(18)10-7-8(15)5-6-11(10)17/h2-7,14,18H,1H3. The van der Waals surface area contributed by atoms with Crippen molar-refractivity contribution in [1.29, 1.82) is 0 Å². The number of ether oxygens (including phenoxy) is 1. The number of halogens is 3. The Bertz CT molecular complexity index is 604. The summed E-state index contributed by atoms with van der Waals surface area (Å²) in [5.41, 5.74) is 0.736. The van der Waals surface area contributed by atoms with Crippen molar-refractivity contribution in [3.8, 4) is 5.75 Å². The lowest BCUT2D eigenvalue weighted by atomic mass is 10.0. The Morgan fingerprint density at radius 2 is 2.00 bits per heavy atom. The Labute approximate surface area is 129 Å². The molecular formula is C14H11ClFIO2. The summed E-state index contributed by atoms with van der Waals surface area (Å²) in [5, 5.41) is 10.8. The topological polar surface area (TPSA) is 29.5 Å². The quantitative estimate of drug-likeness (QED) is 0.794. The van der Waals surface area contributed by atoms with E-state index in [9.17, 15) is 9.50 Å². The number of methoxy groups -OCH3 is 1. The molecule has 1 N–H and O–H groups in total. The van der Waals surface area contributed by atoms with Gasteiger partial charge in [0.05, 0.1) is 7.11 Å². The second kappa shape index (κ2) is 6.07. The number of rotatable bonds is 3. The molecule has 2 nitrogen and oxygen atoms in total. The van der Waals surface area contributed by atoms with Crippen molar-refractivity contribution < 1.29 is 14.2 Å². The Balaban J connectivity index is 2.50. The van der Waals surface area contributed by atoms with E-state index in [1.165, 1.54) is 19.2 Å². The molecule has 5 heteroatoms. The number of benzene rings is 2. The molecule has 0 aromatic heterocycles. The normalized spacial score (nSPS) is 12.3. The summed E-state index contributed by atoms with van der Waals surface area (Å²) < 4.78 is 19.8. The monoisotopic (exact) mass is 392 g/mol. The first kappa shape index (κ1) is 14.6. The average Bonchev–Trinajstić information content (AvgIpc) is 2.41. The van der Waals surface area contributed by atoms with E-state index in [1.807, 2.05) is 0 Å². The van der Waals surface area contributed by atoms with Gasteiger partial charge in [-0.05, 0) is 52.4 Å². The fourth-order valence-corrected chi connectivity index (χ4v) is 2.60. The van der Waals surface area contributed by atoms with Crippen LogP contribution in [0.5, 0.6) is 5.75 Å². The average molecular weight is 393 g/mol. The van der Waals surface area contributed by atoms with Crippen molar-refractivity contribution in [2.24, 2.45) is 0 Å². The highest BCUT2D eigenvalue weighted by Crippen LogP contribution is 2.32. The molecule has 0 radical (unpaired) electrons. The van der Waals surface area contributed by atoms with E-state index in [0.29, 0.717) is 10.6 Å². The van der Waals surface area contributed by atoms with Crippen LogP contribution in [0.25, 0.3) is 0 Å². The van der Waals surface area contributed by atoms with Crippen LogP contribution in [0.1, 0.15) is 17.2 Å². The first-order chi connectivity index (χ1) is 9.04. The molecule has 0 bridgehead atoms. The first-order valence-electron chi connectivity index (χ1n) is 5.50. The molecule has 0 heterocycles. The predicted molar refractivity (Wildman–Crippen MR) is 81.2 cm³/mol. The predicted octanol–water partition coefficient (Wildman–Crippen LogP) is 4.17. The van der Waals surface area contributed by atoms with Crippen LogP contribution in [-0.4, -0.2) is 12.2 Å². The molecule has 0 aliphatic carbocycles. The van der Waals surface area contributed by atoms with Crippen LogP contribution in [0.4, 0.5) is 4.39 Å². The molecule has 0 saturated heterocycles. The number of hydrogen-bond donors (Lipinski definition) is 1. The smallest absolute Gasteiger partial charge is 0.171 e. The van der Waals surface area contributed by atoms with Crippen LogP contribution in [0.2, 0.25) is 5.02 Å². The molecule has 0 aliphatic heterocycles. The molecule has 0 aliphatic rings. The molecule has 0 amide bonds. The van der Waals surface area contributed by atoms with Crippen LogP contribution >= 0.6 is 34.2 Å². The van der Waals surface area contributed by atoms with Gasteiger partial charge in [0.15, 0.2) is 11.6 Å². The fraction of sp³-hybridized carbons (Fsp3) is 0.143. The summed E-state index contributed by atoms with van der Waals surface area (Å²) in [7, 11) is 1.39. The molecule has 1 atom stereocenters. The minimum absolute atomic E-state index is 0.105. The van der Waals surface area contributed by atoms with Crippen molar-refractivity contribution in [2.45, 2.75) is 6.10 Å². The van der Waals surface area contributed by atoms with Gasteiger partial charge in [-0.15, -0.1) is 0 Å². The Morgan fingerprint density at radius 3 is 2.68 bits per heavy atom. The van der Waals surface area contributed by atoms with Gasteiger partial charge in [0.2, 0.25) is 0 Å². The van der Waals surface area contributed by atoms with E-state index in [-0.39, 0.29) is 11.3 Å². The van der Waals surface area contributed by atoms with Gasteiger partial charge in [-0.25, -0.2) is 4.39 Å². The van der Waals surface area contributed by atoms with Gasteiger partial charge >= 0.3 is 0 Å². The molecule has 2 rings (SSSR count). The van der Waals surface area contributed by atoms with Gasteiger partial charge in [0.25, 0.3) is 0 Å². The van der Waals surface area contributed by atoms with Crippen LogP contribution in [0.15, 0.2) is 36.4 Å². The zero-order valence-electron chi connectivity index (χ0n) is 10.0. The second-order valence-corrected chi connectivity index (χ2v) is 5.53. The van der Waals surface area contributed by atoms with Crippen LogP contribution in [0.3, 0.4) is 0 Å². The summed E-state index contributed by atoms with van der Waals surface area (Å²) in [4.78, 5) is 0. The SMILES string of the molecule is COc1cccc(C(O)c2cc(Cl)ccc2I)c1F. The summed E-state index contributed by atoms with van der Waals surface area (Å²) in [6.45, 7) is 0. The lowest BCUT2D eigenvalue weighted by Crippen LogP contribution is -2.05. The maximum absolute atomic E-state index is 14.1. The van der Waals surface area contributed by atoms with Crippen molar-refractivity contribution in [1.82, 2.24) is 0 Å². The third-order valence-corrected chi connectivity index (χ3v) is 3.98. The van der Waals surface area contributed by atoms with Gasteiger partial charge < -0.3 is 9.84 Å². The second-order valence-electron chi connectivity index (χ2n) is 3.93. The highest BCUT2D eigenvalue weighted by Gasteiger charge is 2.20. The number of aliphatic hydroxyl groups is 1. The summed E-state index contributed by atoms with van der Waals surface area (Å²) >= 11 is 7.99. The zero-order chi connectivity index (χ0) is 14.0. The Kier molecular flexibility index (Phi) is 4.65. The summed E-state index contributed by atoms with van der Waals surface area (Å²) in [6, 6.07) is 9.81. The summed E-state index contributed by atoms with van der Waals surface area (Å²) in [6.07, 6.45) is -1.08. The van der Waals surface area contributed by atoms with Gasteiger partial charge in [0.1, 0.15) is 6.10 Å². The molecule has 2 aromatic carbocycles. The summed E-state index contributed by atoms with van der Waals surface area (Å²) in [5.74, 6) is -0.457. The number of hydrogen-bond acceptors (Lipinski definition) is 2. The molecule has 0 spiro atoms. The molecule has 0 saturated carbocycles. The third kappa shape index (κ3) is 3.01. The third-order valence-electron chi connectivity index (χ3n) is 2.76. The maximum atomic E-state index is 14.1. The lowest BCUT2D eigenvalue weighted by Gasteiger charge is -2.15. The fourth-order valence-electron chi connectivity index (χ4n) is 1.79. The largest absolute Gasteiger partial charge is 0.494 e. The van der Waals surface area contributed by atoms with E-state index in [1.54, 1.807) is 24.3 Å². The van der Waals surface area contributed by atoms with Crippen molar-refractivity contribution in [3.63, 3.8) is 0 Å². The van der Waals surface area contributed by atoms with Gasteiger partial charge in [0, 0.05) is 14.2 Å². The Hall–Kier alpha value is -0.850. The minimum Gasteiger partial charge on any atom is -0.494 e. The zero-order valence-corrected chi connectivity index (χ0v) is 12.9. The van der Waals surface area contributed by atoms with Crippen molar-refractivity contribution in [2.75, 3.05) is 7.11 Å². The lowest BCUT2D eigenvalue weighted by molar-refractivity contribution is 0.212. The molecule has 0 fully saturated rings. The molecular weight excluding hydrogens is 382 g/mol. The highest BCUT2D eigenvalue weighted by molar-refractivity contribution is 14.1. The minimum atomic E-state index is -1.08. The Morgan fingerprint density at radius 1 is 1.26 bits per heavy atom. The van der Waals surface area contributed by atoms with E-state index >= 15 is 0 Å². The van der Waals surface area contributed by atoms with E-state index < -0.39 is 11.9 Å². The van der Waals surface area contributed by atoms with E-state index in [4.69, 9.17) is 16.3 Å². The van der Waals surface area contributed by atoms with Crippen LogP contribution < -0.4 is 4.74 Å². The molecule has 1 unspecified atom stereocenters. The van der Waals surface area contributed by atoms with E-state index in [2.05, 4.69) is 22.6 Å². The van der Waals surface area contributed by atoms with Crippen molar-refractivity contribution in [3.05, 3.63) is 61.9 Å². The molecule has 2 aromatic rings. The first-order valence-corrected chi connectivity index (χ1v) is 6.95. The highest BCUT2D eigenvalue weighted by atomic mass is 127. The molecule has 100 valence electrons. The maximum Gasteiger partial charge on any atom is 0.171 e. The number of aliphatic hydroxyl groups excluding tert-OH is 1. The van der Waals surface area contributed by atoms with E-state index in [0.717, 1.165) is 3.57 Å².